The Bertz CT molecular complexity index is 461. The lowest BCUT2D eigenvalue weighted by Gasteiger charge is -2.35. The second kappa shape index (κ2) is 5.52. The number of carbonyl (C=O) groups excluding carboxylic acids is 1. The van der Waals surface area contributed by atoms with Crippen LogP contribution in [0.3, 0.4) is 0 Å². The van der Waals surface area contributed by atoms with Crippen LogP contribution in [-0.4, -0.2) is 53.0 Å². The predicted molar refractivity (Wildman–Crippen MR) is 76.5 cm³/mol. The molecule has 1 aromatic rings. The van der Waals surface area contributed by atoms with Crippen molar-refractivity contribution in [3.63, 3.8) is 0 Å². The first-order chi connectivity index (χ1) is 9.35. The van der Waals surface area contributed by atoms with Crippen molar-refractivity contribution in [3.8, 4) is 0 Å². The van der Waals surface area contributed by atoms with Gasteiger partial charge in [0.25, 0.3) is 0 Å². The Balaban J connectivity index is 1.89. The summed E-state index contributed by atoms with van der Waals surface area (Å²) in [5, 5.41) is 7.89. The smallest absolute Gasteiger partial charge is 0.410 e. The Morgan fingerprint density at radius 1 is 1.20 bits per heavy atom. The highest BCUT2D eigenvalue weighted by Gasteiger charge is 2.26. The van der Waals surface area contributed by atoms with Crippen LogP contribution in [0.25, 0.3) is 0 Å². The third-order valence-electron chi connectivity index (χ3n) is 2.93. The van der Waals surface area contributed by atoms with Gasteiger partial charge in [0.15, 0.2) is 5.82 Å². The minimum Gasteiger partial charge on any atom is -0.444 e. The number of nitrogens with zero attached hydrogens (tertiary/aromatic N) is 4. The molecular weight excluding hydrogens is 258 g/mol. The van der Waals surface area contributed by atoms with Gasteiger partial charge in [-0.1, -0.05) is 0 Å². The van der Waals surface area contributed by atoms with Crippen LogP contribution in [0.2, 0.25) is 0 Å². The van der Waals surface area contributed by atoms with Gasteiger partial charge in [-0.15, -0.1) is 10.2 Å². The highest BCUT2D eigenvalue weighted by atomic mass is 16.6. The third-order valence-corrected chi connectivity index (χ3v) is 2.93. The van der Waals surface area contributed by atoms with E-state index in [4.69, 9.17) is 10.5 Å². The van der Waals surface area contributed by atoms with Gasteiger partial charge in [0.2, 0.25) is 0 Å². The molecule has 1 fully saturated rings. The molecule has 7 heteroatoms. The molecular formula is C13H21N5O2. The van der Waals surface area contributed by atoms with Crippen molar-refractivity contribution in [3.05, 3.63) is 12.1 Å². The number of nitrogen functional groups attached to an aromatic ring is 1. The van der Waals surface area contributed by atoms with Crippen LogP contribution in [-0.2, 0) is 4.74 Å². The molecule has 0 aliphatic carbocycles. The molecule has 1 aliphatic rings. The highest BCUT2D eigenvalue weighted by Crippen LogP contribution is 2.15. The standard InChI is InChI=1S/C13H21N5O2/c1-13(2,3)20-12(19)18-8-6-17(7-9-18)11-5-4-10(14)15-16-11/h4-5H,6-9H2,1-3H3,(H2,14,15). The van der Waals surface area contributed by atoms with Crippen molar-refractivity contribution in [1.82, 2.24) is 15.1 Å². The highest BCUT2D eigenvalue weighted by molar-refractivity contribution is 5.68. The van der Waals surface area contributed by atoms with E-state index in [2.05, 4.69) is 15.1 Å². The van der Waals surface area contributed by atoms with E-state index in [0.29, 0.717) is 32.0 Å². The molecule has 1 aromatic heterocycles. The summed E-state index contributed by atoms with van der Waals surface area (Å²) >= 11 is 0. The SMILES string of the molecule is CC(C)(C)OC(=O)N1CCN(c2ccc(N)nn2)CC1. The summed E-state index contributed by atoms with van der Waals surface area (Å²) in [5.74, 6) is 1.18. The molecule has 2 N–H and O–H groups in total. The first-order valence-corrected chi connectivity index (χ1v) is 6.67. The fourth-order valence-corrected chi connectivity index (χ4v) is 1.95. The van der Waals surface area contributed by atoms with Crippen molar-refractivity contribution in [2.24, 2.45) is 0 Å². The largest absolute Gasteiger partial charge is 0.444 e. The molecule has 2 heterocycles. The van der Waals surface area contributed by atoms with Gasteiger partial charge in [-0.05, 0) is 32.9 Å². The quantitative estimate of drug-likeness (QED) is 0.829. The Labute approximate surface area is 118 Å². The monoisotopic (exact) mass is 279 g/mol. The Kier molecular flexibility index (Phi) is 3.96. The zero-order chi connectivity index (χ0) is 14.8. The van der Waals surface area contributed by atoms with Crippen LogP contribution in [0.1, 0.15) is 20.8 Å². The first kappa shape index (κ1) is 14.4. The van der Waals surface area contributed by atoms with Crippen molar-refractivity contribution >= 4 is 17.7 Å². The van der Waals surface area contributed by atoms with Gasteiger partial charge < -0.3 is 20.3 Å². The van der Waals surface area contributed by atoms with E-state index >= 15 is 0 Å². The van der Waals surface area contributed by atoms with Crippen molar-refractivity contribution in [2.75, 3.05) is 36.8 Å². The number of hydrogen-bond donors (Lipinski definition) is 1. The fraction of sp³-hybridized carbons (Fsp3) is 0.615. The van der Waals surface area contributed by atoms with Gasteiger partial charge >= 0.3 is 6.09 Å². The molecule has 0 saturated carbocycles. The number of carbonyl (C=O) groups is 1. The maximum Gasteiger partial charge on any atom is 0.410 e. The van der Waals surface area contributed by atoms with Crippen molar-refractivity contribution < 1.29 is 9.53 Å². The molecule has 7 nitrogen and oxygen atoms in total. The van der Waals surface area contributed by atoms with E-state index in [0.717, 1.165) is 5.82 Å². The van der Waals surface area contributed by atoms with E-state index in [1.165, 1.54) is 0 Å². The van der Waals surface area contributed by atoms with Crippen LogP contribution in [0, 0.1) is 0 Å². The number of anilines is 2. The number of piperazine rings is 1. The van der Waals surface area contributed by atoms with Gasteiger partial charge in [-0.2, -0.15) is 0 Å². The van der Waals surface area contributed by atoms with E-state index < -0.39 is 5.60 Å². The van der Waals surface area contributed by atoms with Crippen molar-refractivity contribution in [1.29, 1.82) is 0 Å². The average Bonchev–Trinajstić information content (AvgIpc) is 2.38. The molecule has 1 saturated heterocycles. The second-order valence-electron chi connectivity index (χ2n) is 5.77. The molecule has 110 valence electrons. The zero-order valence-corrected chi connectivity index (χ0v) is 12.2. The molecule has 0 atom stereocenters. The van der Waals surface area contributed by atoms with Crippen LogP contribution in [0.4, 0.5) is 16.4 Å². The minimum absolute atomic E-state index is 0.263. The number of aromatic nitrogens is 2. The number of amides is 1. The molecule has 2 rings (SSSR count). The number of hydrogen-bond acceptors (Lipinski definition) is 6. The third kappa shape index (κ3) is 3.72. The maximum absolute atomic E-state index is 11.9. The Morgan fingerprint density at radius 2 is 1.85 bits per heavy atom. The average molecular weight is 279 g/mol. The first-order valence-electron chi connectivity index (χ1n) is 6.67. The Hall–Kier alpha value is -2.05. The van der Waals surface area contributed by atoms with E-state index in [9.17, 15) is 4.79 Å². The molecule has 0 aromatic carbocycles. The summed E-state index contributed by atoms with van der Waals surface area (Å²) < 4.78 is 5.36. The molecule has 0 unspecified atom stereocenters. The summed E-state index contributed by atoms with van der Waals surface area (Å²) in [6.45, 7) is 8.24. The van der Waals surface area contributed by atoms with Gasteiger partial charge in [-0.3, -0.25) is 0 Å². The number of ether oxygens (including phenoxy) is 1. The summed E-state index contributed by atoms with van der Waals surface area (Å²) in [4.78, 5) is 15.7. The van der Waals surface area contributed by atoms with Crippen LogP contribution >= 0.6 is 0 Å². The molecule has 20 heavy (non-hydrogen) atoms. The number of nitrogens with two attached hydrogens (primary N) is 1. The number of rotatable bonds is 1. The molecule has 0 bridgehead atoms. The predicted octanol–water partition coefficient (Wildman–Crippen LogP) is 1.12. The summed E-state index contributed by atoms with van der Waals surface area (Å²) in [6.07, 6.45) is -0.263. The lowest BCUT2D eigenvalue weighted by molar-refractivity contribution is 0.0240. The fourth-order valence-electron chi connectivity index (χ4n) is 1.95. The van der Waals surface area contributed by atoms with Crippen LogP contribution < -0.4 is 10.6 Å². The van der Waals surface area contributed by atoms with Crippen molar-refractivity contribution in [2.45, 2.75) is 26.4 Å². The maximum atomic E-state index is 11.9. The van der Waals surface area contributed by atoms with Gasteiger partial charge in [0.1, 0.15) is 11.4 Å². The lowest BCUT2D eigenvalue weighted by Crippen LogP contribution is -2.50. The Morgan fingerprint density at radius 3 is 2.35 bits per heavy atom. The molecule has 0 spiro atoms. The van der Waals surface area contributed by atoms with Gasteiger partial charge in [0, 0.05) is 26.2 Å². The molecule has 1 aliphatic heterocycles. The summed E-state index contributed by atoms with van der Waals surface area (Å²) in [5.41, 5.74) is 5.05. The normalized spacial score (nSPS) is 16.1. The zero-order valence-electron chi connectivity index (χ0n) is 12.2. The summed E-state index contributed by atoms with van der Waals surface area (Å²) in [6, 6.07) is 3.56. The van der Waals surface area contributed by atoms with E-state index in [1.54, 1.807) is 11.0 Å². The van der Waals surface area contributed by atoms with E-state index in [1.807, 2.05) is 26.8 Å². The topological polar surface area (TPSA) is 84.6 Å². The van der Waals surface area contributed by atoms with E-state index in [-0.39, 0.29) is 6.09 Å². The van der Waals surface area contributed by atoms with Gasteiger partial charge in [-0.25, -0.2) is 4.79 Å². The van der Waals surface area contributed by atoms with Gasteiger partial charge in [0.05, 0.1) is 0 Å². The molecule has 1 amide bonds. The minimum atomic E-state index is -0.462. The van der Waals surface area contributed by atoms with Crippen LogP contribution in [0.15, 0.2) is 12.1 Å². The molecule has 0 radical (unpaired) electrons. The van der Waals surface area contributed by atoms with Crippen LogP contribution in [0.5, 0.6) is 0 Å². The lowest BCUT2D eigenvalue weighted by atomic mass is 10.2. The second-order valence-corrected chi connectivity index (χ2v) is 5.77. The summed E-state index contributed by atoms with van der Waals surface area (Å²) in [7, 11) is 0.